The average molecular weight is 134 g/mol. The summed E-state index contributed by atoms with van der Waals surface area (Å²) in [5.74, 6) is 0. The minimum Gasteiger partial charge on any atom is -0.383 e. The first-order chi connectivity index (χ1) is 4.97. The van der Waals surface area contributed by atoms with Gasteiger partial charge in [0.2, 0.25) is 0 Å². The minimum absolute atomic E-state index is 1.03. The summed E-state index contributed by atoms with van der Waals surface area (Å²) in [6.45, 7) is 1.04. The second-order valence-electron chi connectivity index (χ2n) is 2.39. The van der Waals surface area contributed by atoms with Crippen LogP contribution in [0.3, 0.4) is 0 Å². The fraction of sp³-hybridized carbons (Fsp3) is 0.429. The van der Waals surface area contributed by atoms with Crippen molar-refractivity contribution in [3.8, 4) is 0 Å². The molecule has 0 saturated carbocycles. The Balaban J connectivity index is 2.41. The molecule has 1 aliphatic rings. The van der Waals surface area contributed by atoms with Crippen molar-refractivity contribution in [3.05, 3.63) is 18.0 Å². The van der Waals surface area contributed by atoms with E-state index in [0.717, 1.165) is 18.7 Å². The molecule has 10 heavy (non-hydrogen) atoms. The Kier molecular flexibility index (Phi) is 1.27. The van der Waals surface area contributed by atoms with Gasteiger partial charge in [0.05, 0.1) is 11.9 Å². The normalized spacial score (nSPS) is 15.6. The van der Waals surface area contributed by atoms with Gasteiger partial charge < -0.3 is 5.32 Å². The third-order valence-electron chi connectivity index (χ3n) is 1.68. The lowest BCUT2D eigenvalue weighted by molar-refractivity contribution is 0.809. The zero-order valence-corrected chi connectivity index (χ0v) is 5.59. The predicted molar refractivity (Wildman–Crippen MR) is 37.7 cm³/mol. The van der Waals surface area contributed by atoms with Gasteiger partial charge in [-0.05, 0) is 18.4 Å². The zero-order valence-electron chi connectivity index (χ0n) is 5.59. The number of aryl methyl sites for hydroxylation is 1. The van der Waals surface area contributed by atoms with Crippen LogP contribution in [-0.2, 0) is 6.42 Å². The summed E-state index contributed by atoms with van der Waals surface area (Å²) in [5, 5.41) is 10.6. The molecule has 0 fully saturated rings. The maximum atomic E-state index is 3.75. The summed E-state index contributed by atoms with van der Waals surface area (Å²) in [4.78, 5) is 0. The molecule has 1 aromatic rings. The van der Waals surface area contributed by atoms with E-state index in [9.17, 15) is 0 Å². The smallest absolute Gasteiger partial charge is 0.139 e. The number of anilines is 1. The van der Waals surface area contributed by atoms with Crippen LogP contribution in [0.15, 0.2) is 6.20 Å². The number of hydrogen-bond donors (Lipinski definition) is 1. The van der Waals surface area contributed by atoms with Gasteiger partial charge in [-0.3, -0.25) is 0 Å². The van der Waals surface area contributed by atoms with Gasteiger partial charge in [0.25, 0.3) is 0 Å². The molecule has 2 rings (SSSR count). The Morgan fingerprint density at radius 1 is 1.60 bits per heavy atom. The van der Waals surface area contributed by atoms with Crippen LogP contribution < -0.4 is 5.32 Å². The lowest BCUT2D eigenvalue weighted by Crippen LogP contribution is -2.12. The first kappa shape index (κ1) is 5.65. The van der Waals surface area contributed by atoms with Gasteiger partial charge in [0.15, 0.2) is 0 Å². The van der Waals surface area contributed by atoms with E-state index in [-0.39, 0.29) is 0 Å². The Bertz CT molecular complexity index is 209. The van der Waals surface area contributed by atoms with E-state index in [1.165, 1.54) is 12.0 Å². The minimum atomic E-state index is 1.03. The second kappa shape index (κ2) is 2.25. The number of rotatable bonds is 0. The van der Waals surface area contributed by atoms with E-state index in [4.69, 9.17) is 0 Å². The molecule has 0 aliphatic carbocycles. The monoisotopic (exact) mass is 134 g/mol. The maximum absolute atomic E-state index is 3.75. The summed E-state index contributed by atoms with van der Waals surface area (Å²) < 4.78 is 0. The van der Waals surface area contributed by atoms with Crippen molar-refractivity contribution in [1.82, 2.24) is 10.2 Å². The molecule has 0 bridgehead atoms. The van der Waals surface area contributed by atoms with Crippen molar-refractivity contribution < 1.29 is 0 Å². The Morgan fingerprint density at radius 2 is 2.60 bits per heavy atom. The van der Waals surface area contributed by atoms with Gasteiger partial charge in [-0.15, -0.1) is 5.10 Å². The van der Waals surface area contributed by atoms with Crippen LogP contribution in [0.1, 0.15) is 12.0 Å². The van der Waals surface area contributed by atoms with Crippen molar-refractivity contribution in [2.75, 3.05) is 11.9 Å². The molecule has 3 heteroatoms. The second-order valence-corrected chi connectivity index (χ2v) is 2.39. The SMILES string of the molecule is [c]1nncc2c1NCCC2. The Labute approximate surface area is 59.5 Å². The van der Waals surface area contributed by atoms with Gasteiger partial charge in [0.1, 0.15) is 6.20 Å². The summed E-state index contributed by atoms with van der Waals surface area (Å²) in [5.41, 5.74) is 2.27. The largest absolute Gasteiger partial charge is 0.383 e. The standard InChI is InChI=1S/C7H8N3/c1-2-6-4-9-10-5-7(6)8-3-1/h4,8H,1-3H2. The number of hydrogen-bond acceptors (Lipinski definition) is 3. The zero-order chi connectivity index (χ0) is 6.81. The molecule has 0 unspecified atom stereocenters. The van der Waals surface area contributed by atoms with E-state index in [0.29, 0.717) is 0 Å². The van der Waals surface area contributed by atoms with Crippen LogP contribution in [0.5, 0.6) is 0 Å². The number of fused-ring (bicyclic) bond motifs is 1. The summed E-state index contributed by atoms with van der Waals surface area (Å²) in [6, 6.07) is 0. The third kappa shape index (κ3) is 0.835. The number of nitrogens with one attached hydrogen (secondary N) is 1. The van der Waals surface area contributed by atoms with Crippen LogP contribution in [0, 0.1) is 6.20 Å². The van der Waals surface area contributed by atoms with E-state index in [2.05, 4.69) is 21.7 Å². The lowest BCUT2D eigenvalue weighted by atomic mass is 10.1. The number of aromatic nitrogens is 2. The van der Waals surface area contributed by atoms with Gasteiger partial charge >= 0.3 is 0 Å². The highest BCUT2D eigenvalue weighted by atomic mass is 15.1. The van der Waals surface area contributed by atoms with Crippen LogP contribution in [0.2, 0.25) is 0 Å². The number of nitrogens with zero attached hydrogens (tertiary/aromatic N) is 2. The third-order valence-corrected chi connectivity index (χ3v) is 1.68. The molecule has 2 heterocycles. The molecule has 0 atom stereocenters. The average Bonchev–Trinajstić information content (AvgIpc) is 2.05. The van der Waals surface area contributed by atoms with Crippen LogP contribution in [0.25, 0.3) is 0 Å². The van der Waals surface area contributed by atoms with E-state index in [1.807, 2.05) is 0 Å². The molecule has 51 valence electrons. The van der Waals surface area contributed by atoms with E-state index in [1.54, 1.807) is 6.20 Å². The lowest BCUT2D eigenvalue weighted by Gasteiger charge is -2.14. The highest BCUT2D eigenvalue weighted by Crippen LogP contribution is 2.17. The molecule has 3 nitrogen and oxygen atoms in total. The topological polar surface area (TPSA) is 37.8 Å². The fourth-order valence-electron chi connectivity index (χ4n) is 1.15. The van der Waals surface area contributed by atoms with E-state index < -0.39 is 0 Å². The van der Waals surface area contributed by atoms with Crippen molar-refractivity contribution in [2.24, 2.45) is 0 Å². The van der Waals surface area contributed by atoms with Crippen LogP contribution in [0.4, 0.5) is 5.69 Å². The molecule has 0 spiro atoms. The molecule has 1 aromatic heterocycles. The summed E-state index contributed by atoms with van der Waals surface area (Å²) in [6.07, 6.45) is 6.91. The van der Waals surface area contributed by atoms with Gasteiger partial charge in [-0.2, -0.15) is 5.10 Å². The van der Waals surface area contributed by atoms with Gasteiger partial charge in [0, 0.05) is 6.54 Å². The van der Waals surface area contributed by atoms with Crippen molar-refractivity contribution in [3.63, 3.8) is 0 Å². The van der Waals surface area contributed by atoms with Crippen molar-refractivity contribution >= 4 is 5.69 Å². The predicted octanol–water partition coefficient (Wildman–Crippen LogP) is 0.635. The first-order valence-corrected chi connectivity index (χ1v) is 3.43. The molecule has 1 radical (unpaired) electrons. The Morgan fingerprint density at radius 3 is 3.50 bits per heavy atom. The maximum Gasteiger partial charge on any atom is 0.139 e. The van der Waals surface area contributed by atoms with Gasteiger partial charge in [-0.25, -0.2) is 0 Å². The highest BCUT2D eigenvalue weighted by molar-refractivity contribution is 5.48. The molecule has 1 N–H and O–H groups in total. The summed E-state index contributed by atoms with van der Waals surface area (Å²) in [7, 11) is 0. The van der Waals surface area contributed by atoms with Crippen molar-refractivity contribution in [1.29, 1.82) is 0 Å². The molecule has 0 amide bonds. The highest BCUT2D eigenvalue weighted by Gasteiger charge is 2.07. The molecular formula is C7H8N3. The van der Waals surface area contributed by atoms with Crippen molar-refractivity contribution in [2.45, 2.75) is 12.8 Å². The quantitative estimate of drug-likeness (QED) is 0.565. The molecule has 0 aromatic carbocycles. The van der Waals surface area contributed by atoms with Crippen LogP contribution >= 0.6 is 0 Å². The Hall–Kier alpha value is -1.12. The fourth-order valence-corrected chi connectivity index (χ4v) is 1.15. The van der Waals surface area contributed by atoms with E-state index >= 15 is 0 Å². The molecular weight excluding hydrogens is 126 g/mol. The van der Waals surface area contributed by atoms with Crippen LogP contribution in [-0.4, -0.2) is 16.7 Å². The molecule has 0 saturated heterocycles. The summed E-state index contributed by atoms with van der Waals surface area (Å²) >= 11 is 0. The first-order valence-electron chi connectivity index (χ1n) is 3.43. The van der Waals surface area contributed by atoms with Gasteiger partial charge in [-0.1, -0.05) is 0 Å². The molecule has 1 aliphatic heterocycles.